The van der Waals surface area contributed by atoms with Crippen molar-refractivity contribution in [2.24, 2.45) is 0 Å². The van der Waals surface area contributed by atoms with Crippen LogP contribution in [0.25, 0.3) is 6.08 Å². The lowest BCUT2D eigenvalue weighted by Gasteiger charge is -2.12. The van der Waals surface area contributed by atoms with E-state index in [0.29, 0.717) is 22.5 Å². The molecule has 10 heteroatoms. The smallest absolute Gasteiger partial charge is 0.272 e. The Morgan fingerprint density at radius 2 is 1.56 bits per heavy atom. The first-order chi connectivity index (χ1) is 19.8. The van der Waals surface area contributed by atoms with Crippen LogP contribution in [0.1, 0.15) is 21.5 Å². The van der Waals surface area contributed by atoms with Crippen LogP contribution in [-0.2, 0) is 9.59 Å². The predicted octanol–water partition coefficient (Wildman–Crippen LogP) is 6.04. The van der Waals surface area contributed by atoms with Gasteiger partial charge in [0.2, 0.25) is 5.91 Å². The summed E-state index contributed by atoms with van der Waals surface area (Å²) in [4.78, 5) is 49.8. The lowest BCUT2D eigenvalue weighted by Crippen LogP contribution is -2.30. The van der Waals surface area contributed by atoms with E-state index in [9.17, 15) is 24.5 Å². The van der Waals surface area contributed by atoms with E-state index in [-0.39, 0.29) is 23.0 Å². The van der Waals surface area contributed by atoms with Crippen LogP contribution in [-0.4, -0.2) is 28.4 Å². The van der Waals surface area contributed by atoms with E-state index < -0.39 is 16.7 Å². The third kappa shape index (κ3) is 8.38. The number of hydrogen-bond acceptors (Lipinski definition) is 6. The number of hydrogen-bond donors (Lipinski definition) is 3. The standard InChI is InChI=1S/C31H26N4O5S/c1-21-17-25(35(39)40)15-16-27(21)33-29(36)20-41-26-14-8-13-24(19-26)32-31(38)28(18-22-9-4-2-5-10-22)34-30(37)23-11-6-3-7-12-23/h2-19H,20H2,1H3,(H,32,38)(H,33,36)(H,34,37)/b28-18-. The molecule has 3 N–H and O–H groups in total. The molecule has 3 amide bonds. The Balaban J connectivity index is 1.42. The van der Waals surface area contributed by atoms with Crippen LogP contribution in [0.4, 0.5) is 17.1 Å². The van der Waals surface area contributed by atoms with Crippen LogP contribution in [0.5, 0.6) is 0 Å². The molecule has 0 atom stereocenters. The minimum atomic E-state index is -0.508. The Hall–Kier alpha value is -5.22. The quantitative estimate of drug-likeness (QED) is 0.0928. The van der Waals surface area contributed by atoms with Crippen LogP contribution in [0.15, 0.2) is 114 Å². The van der Waals surface area contributed by atoms with Gasteiger partial charge in [0.25, 0.3) is 17.5 Å². The highest BCUT2D eigenvalue weighted by molar-refractivity contribution is 8.00. The van der Waals surface area contributed by atoms with Crippen molar-refractivity contribution in [3.05, 3.63) is 136 Å². The second-order valence-electron chi connectivity index (χ2n) is 8.86. The Morgan fingerprint density at radius 1 is 0.854 bits per heavy atom. The summed E-state index contributed by atoms with van der Waals surface area (Å²) in [5.41, 5.74) is 2.75. The van der Waals surface area contributed by atoms with Gasteiger partial charge in [-0.1, -0.05) is 54.6 Å². The average Bonchev–Trinajstić information content (AvgIpc) is 2.98. The molecule has 0 bridgehead atoms. The third-order valence-electron chi connectivity index (χ3n) is 5.80. The number of thioether (sulfide) groups is 1. The minimum Gasteiger partial charge on any atom is -0.325 e. The maximum absolute atomic E-state index is 13.3. The summed E-state index contributed by atoms with van der Waals surface area (Å²) in [6, 6.07) is 29.0. The Bertz CT molecular complexity index is 1610. The third-order valence-corrected chi connectivity index (χ3v) is 6.79. The maximum Gasteiger partial charge on any atom is 0.272 e. The number of nitrogens with one attached hydrogen (secondary N) is 3. The molecule has 0 unspecified atom stereocenters. The summed E-state index contributed by atoms with van der Waals surface area (Å²) in [6.07, 6.45) is 1.60. The highest BCUT2D eigenvalue weighted by Crippen LogP contribution is 2.24. The Kier molecular flexibility index (Phi) is 9.63. The van der Waals surface area contributed by atoms with Crippen molar-refractivity contribution in [1.29, 1.82) is 0 Å². The van der Waals surface area contributed by atoms with Crippen molar-refractivity contribution in [3.8, 4) is 0 Å². The van der Waals surface area contributed by atoms with Gasteiger partial charge in [0.05, 0.1) is 10.7 Å². The van der Waals surface area contributed by atoms with E-state index in [2.05, 4.69) is 16.0 Å². The summed E-state index contributed by atoms with van der Waals surface area (Å²) in [6.45, 7) is 1.69. The highest BCUT2D eigenvalue weighted by Gasteiger charge is 2.16. The molecule has 206 valence electrons. The van der Waals surface area contributed by atoms with E-state index in [4.69, 9.17) is 0 Å². The number of amides is 3. The number of nitro groups is 1. The fourth-order valence-corrected chi connectivity index (χ4v) is 4.51. The molecule has 0 aliphatic heterocycles. The molecular formula is C31H26N4O5S. The molecule has 0 radical (unpaired) electrons. The Labute approximate surface area is 240 Å². The Morgan fingerprint density at radius 3 is 2.24 bits per heavy atom. The lowest BCUT2D eigenvalue weighted by molar-refractivity contribution is -0.384. The van der Waals surface area contributed by atoms with Crippen molar-refractivity contribution in [3.63, 3.8) is 0 Å². The van der Waals surface area contributed by atoms with E-state index in [1.165, 1.54) is 30.0 Å². The number of carbonyl (C=O) groups excluding carboxylic acids is 3. The molecule has 41 heavy (non-hydrogen) atoms. The number of carbonyl (C=O) groups is 3. The summed E-state index contributed by atoms with van der Waals surface area (Å²) in [7, 11) is 0. The van der Waals surface area contributed by atoms with Crippen LogP contribution >= 0.6 is 11.8 Å². The number of aryl methyl sites for hydroxylation is 1. The van der Waals surface area contributed by atoms with Crippen molar-refractivity contribution in [2.75, 3.05) is 16.4 Å². The molecule has 0 aromatic heterocycles. The lowest BCUT2D eigenvalue weighted by atomic mass is 10.1. The van der Waals surface area contributed by atoms with Crippen LogP contribution < -0.4 is 16.0 Å². The topological polar surface area (TPSA) is 130 Å². The second-order valence-corrected chi connectivity index (χ2v) is 9.91. The summed E-state index contributed by atoms with van der Waals surface area (Å²) in [5, 5.41) is 19.2. The number of nitrogens with zero attached hydrogens (tertiary/aromatic N) is 1. The van der Waals surface area contributed by atoms with Crippen LogP contribution in [0.2, 0.25) is 0 Å². The summed E-state index contributed by atoms with van der Waals surface area (Å²) >= 11 is 1.27. The molecule has 0 fully saturated rings. The maximum atomic E-state index is 13.3. The molecule has 4 rings (SSSR count). The van der Waals surface area contributed by atoms with Gasteiger partial charge in [-0.2, -0.15) is 0 Å². The number of nitro benzene ring substituents is 1. The largest absolute Gasteiger partial charge is 0.325 e. The van der Waals surface area contributed by atoms with Crippen molar-refractivity contribution in [1.82, 2.24) is 5.32 Å². The van der Waals surface area contributed by atoms with E-state index in [1.807, 2.05) is 36.4 Å². The van der Waals surface area contributed by atoms with Gasteiger partial charge >= 0.3 is 0 Å². The fourth-order valence-electron chi connectivity index (χ4n) is 3.76. The zero-order chi connectivity index (χ0) is 29.2. The zero-order valence-corrected chi connectivity index (χ0v) is 22.8. The SMILES string of the molecule is Cc1cc([N+](=O)[O-])ccc1NC(=O)CSc1cccc(NC(=O)/C(=C/c2ccccc2)NC(=O)c2ccccc2)c1. The molecule has 0 saturated carbocycles. The fraction of sp³-hybridized carbons (Fsp3) is 0.0645. The average molecular weight is 567 g/mol. The van der Waals surface area contributed by atoms with Gasteiger partial charge in [-0.25, -0.2) is 0 Å². The van der Waals surface area contributed by atoms with Gasteiger partial charge in [-0.05, 0) is 60.5 Å². The molecule has 0 aliphatic rings. The number of rotatable bonds is 10. The van der Waals surface area contributed by atoms with Crippen molar-refractivity contribution >= 4 is 52.6 Å². The molecule has 0 saturated heterocycles. The molecule has 4 aromatic carbocycles. The summed E-state index contributed by atoms with van der Waals surface area (Å²) < 4.78 is 0. The van der Waals surface area contributed by atoms with Gasteiger partial charge in [0.1, 0.15) is 5.70 Å². The first-order valence-electron chi connectivity index (χ1n) is 12.5. The second kappa shape index (κ2) is 13.7. The normalized spacial score (nSPS) is 10.9. The van der Waals surface area contributed by atoms with Gasteiger partial charge in [0, 0.05) is 34.0 Å². The van der Waals surface area contributed by atoms with E-state index >= 15 is 0 Å². The first-order valence-corrected chi connectivity index (χ1v) is 13.5. The van der Waals surface area contributed by atoms with E-state index in [0.717, 1.165) is 10.5 Å². The molecule has 0 spiro atoms. The summed E-state index contributed by atoms with van der Waals surface area (Å²) in [5.74, 6) is -1.12. The number of non-ortho nitro benzene ring substituents is 1. The van der Waals surface area contributed by atoms with Crippen LogP contribution in [0, 0.1) is 17.0 Å². The number of anilines is 2. The van der Waals surface area contributed by atoms with E-state index in [1.54, 1.807) is 61.5 Å². The van der Waals surface area contributed by atoms with Crippen molar-refractivity contribution < 1.29 is 19.3 Å². The van der Waals surface area contributed by atoms with Gasteiger partial charge in [-0.3, -0.25) is 24.5 Å². The van der Waals surface area contributed by atoms with Gasteiger partial charge in [0.15, 0.2) is 0 Å². The molecule has 9 nitrogen and oxygen atoms in total. The molecular weight excluding hydrogens is 540 g/mol. The van der Waals surface area contributed by atoms with Crippen LogP contribution in [0.3, 0.4) is 0 Å². The predicted molar refractivity (Wildman–Crippen MR) is 161 cm³/mol. The molecule has 0 aliphatic carbocycles. The number of benzene rings is 4. The first kappa shape index (κ1) is 28.8. The zero-order valence-electron chi connectivity index (χ0n) is 22.0. The monoisotopic (exact) mass is 566 g/mol. The van der Waals surface area contributed by atoms with Crippen molar-refractivity contribution in [2.45, 2.75) is 11.8 Å². The van der Waals surface area contributed by atoms with Gasteiger partial charge < -0.3 is 16.0 Å². The minimum absolute atomic E-state index is 0.0462. The van der Waals surface area contributed by atoms with Gasteiger partial charge in [-0.15, -0.1) is 11.8 Å². The molecule has 0 heterocycles. The molecule has 4 aromatic rings. The highest BCUT2D eigenvalue weighted by atomic mass is 32.2.